The predicted molar refractivity (Wildman–Crippen MR) is 62.3 cm³/mol. The van der Waals surface area contributed by atoms with Gasteiger partial charge in [-0.25, -0.2) is 0 Å². The molecule has 1 heterocycles. The minimum Gasteiger partial charge on any atom is -0.481 e. The third kappa shape index (κ3) is 3.09. The largest absolute Gasteiger partial charge is 0.481 e. The maximum absolute atomic E-state index is 5.57. The fraction of sp³-hybridized carbons (Fsp3) is 0.545. The van der Waals surface area contributed by atoms with E-state index < -0.39 is 0 Å². The average molecular weight is 209 g/mol. The SMILES string of the molecule is COc1cccc(N(CCN)C(C)C)n1. The van der Waals surface area contributed by atoms with Crippen LogP contribution >= 0.6 is 0 Å². The minimum atomic E-state index is 0.383. The highest BCUT2D eigenvalue weighted by Crippen LogP contribution is 2.17. The molecule has 0 saturated heterocycles. The third-order valence-electron chi connectivity index (χ3n) is 2.21. The van der Waals surface area contributed by atoms with Gasteiger partial charge in [-0.15, -0.1) is 0 Å². The van der Waals surface area contributed by atoms with Crippen molar-refractivity contribution >= 4 is 5.82 Å². The molecule has 0 saturated carbocycles. The topological polar surface area (TPSA) is 51.4 Å². The van der Waals surface area contributed by atoms with Crippen LogP contribution in [-0.4, -0.2) is 31.2 Å². The summed E-state index contributed by atoms with van der Waals surface area (Å²) in [5.74, 6) is 1.55. The number of hydrogen-bond donors (Lipinski definition) is 1. The van der Waals surface area contributed by atoms with E-state index in [1.165, 1.54) is 0 Å². The van der Waals surface area contributed by atoms with Crippen molar-refractivity contribution in [2.75, 3.05) is 25.1 Å². The molecule has 0 aliphatic heterocycles. The summed E-state index contributed by atoms with van der Waals surface area (Å²) in [6, 6.07) is 6.13. The molecule has 2 N–H and O–H groups in total. The number of rotatable bonds is 5. The molecule has 15 heavy (non-hydrogen) atoms. The molecule has 0 atom stereocenters. The maximum atomic E-state index is 5.57. The quantitative estimate of drug-likeness (QED) is 0.793. The molecule has 0 aliphatic rings. The summed E-state index contributed by atoms with van der Waals surface area (Å²) in [7, 11) is 1.62. The molecule has 0 aromatic carbocycles. The zero-order valence-corrected chi connectivity index (χ0v) is 9.60. The van der Waals surface area contributed by atoms with E-state index in [-0.39, 0.29) is 0 Å². The van der Waals surface area contributed by atoms with Crippen LogP contribution in [0.1, 0.15) is 13.8 Å². The summed E-state index contributed by atoms with van der Waals surface area (Å²) in [5, 5.41) is 0. The molecular formula is C11H19N3O. The smallest absolute Gasteiger partial charge is 0.214 e. The zero-order chi connectivity index (χ0) is 11.3. The minimum absolute atomic E-state index is 0.383. The Balaban J connectivity index is 2.89. The van der Waals surface area contributed by atoms with Gasteiger partial charge in [-0.2, -0.15) is 4.98 Å². The molecule has 1 aromatic heterocycles. The lowest BCUT2D eigenvalue weighted by molar-refractivity contribution is 0.397. The number of hydrogen-bond acceptors (Lipinski definition) is 4. The van der Waals surface area contributed by atoms with Gasteiger partial charge in [0.05, 0.1) is 7.11 Å². The Labute approximate surface area is 91.1 Å². The number of aromatic nitrogens is 1. The molecular weight excluding hydrogens is 190 g/mol. The molecule has 1 rings (SSSR count). The summed E-state index contributed by atoms with van der Waals surface area (Å²) in [6.45, 7) is 5.67. The first kappa shape index (κ1) is 11.8. The first-order chi connectivity index (χ1) is 7.19. The molecule has 0 radical (unpaired) electrons. The molecule has 84 valence electrons. The maximum Gasteiger partial charge on any atom is 0.214 e. The van der Waals surface area contributed by atoms with E-state index in [0.29, 0.717) is 18.5 Å². The highest BCUT2D eigenvalue weighted by atomic mass is 16.5. The Morgan fingerprint density at radius 2 is 2.20 bits per heavy atom. The number of anilines is 1. The Kier molecular flexibility index (Phi) is 4.37. The highest BCUT2D eigenvalue weighted by Gasteiger charge is 2.11. The monoisotopic (exact) mass is 209 g/mol. The number of nitrogens with zero attached hydrogens (tertiary/aromatic N) is 2. The van der Waals surface area contributed by atoms with Gasteiger partial charge in [-0.1, -0.05) is 6.07 Å². The molecule has 4 heteroatoms. The van der Waals surface area contributed by atoms with Crippen LogP contribution < -0.4 is 15.4 Å². The Hall–Kier alpha value is -1.29. The summed E-state index contributed by atoms with van der Waals surface area (Å²) in [6.07, 6.45) is 0. The van der Waals surface area contributed by atoms with Crippen LogP contribution in [0.15, 0.2) is 18.2 Å². The number of methoxy groups -OCH3 is 1. The highest BCUT2D eigenvalue weighted by molar-refractivity contribution is 5.41. The van der Waals surface area contributed by atoms with E-state index in [4.69, 9.17) is 10.5 Å². The van der Waals surface area contributed by atoms with Gasteiger partial charge in [0.15, 0.2) is 0 Å². The van der Waals surface area contributed by atoms with Gasteiger partial charge in [-0.3, -0.25) is 0 Å². The van der Waals surface area contributed by atoms with E-state index in [1.54, 1.807) is 7.11 Å². The summed E-state index contributed by atoms with van der Waals surface area (Å²) in [4.78, 5) is 6.53. The lowest BCUT2D eigenvalue weighted by Gasteiger charge is -2.27. The third-order valence-corrected chi connectivity index (χ3v) is 2.21. The van der Waals surface area contributed by atoms with Crippen LogP contribution in [0.25, 0.3) is 0 Å². The van der Waals surface area contributed by atoms with Crippen molar-refractivity contribution < 1.29 is 4.74 Å². The second-order valence-electron chi connectivity index (χ2n) is 3.61. The van der Waals surface area contributed by atoms with Crippen LogP contribution in [-0.2, 0) is 0 Å². The van der Waals surface area contributed by atoms with Crippen molar-refractivity contribution in [3.63, 3.8) is 0 Å². The van der Waals surface area contributed by atoms with Gasteiger partial charge >= 0.3 is 0 Å². The Morgan fingerprint density at radius 1 is 1.47 bits per heavy atom. The molecule has 0 spiro atoms. The average Bonchev–Trinajstić information content (AvgIpc) is 2.25. The number of pyridine rings is 1. The summed E-state index contributed by atoms with van der Waals surface area (Å²) < 4.78 is 5.09. The van der Waals surface area contributed by atoms with Crippen LogP contribution in [0.5, 0.6) is 5.88 Å². The van der Waals surface area contributed by atoms with Crippen LogP contribution in [0, 0.1) is 0 Å². The fourth-order valence-electron chi connectivity index (χ4n) is 1.45. The van der Waals surface area contributed by atoms with Crippen molar-refractivity contribution in [3.8, 4) is 5.88 Å². The standard InChI is InChI=1S/C11H19N3O/c1-9(2)14(8-7-12)10-5-4-6-11(13-10)15-3/h4-6,9H,7-8,12H2,1-3H3. The second kappa shape index (κ2) is 5.56. The van der Waals surface area contributed by atoms with E-state index in [0.717, 1.165) is 12.4 Å². The van der Waals surface area contributed by atoms with Gasteiger partial charge in [-0.05, 0) is 19.9 Å². The van der Waals surface area contributed by atoms with E-state index in [9.17, 15) is 0 Å². The molecule has 0 fully saturated rings. The van der Waals surface area contributed by atoms with Crippen LogP contribution in [0.2, 0.25) is 0 Å². The zero-order valence-electron chi connectivity index (χ0n) is 9.60. The van der Waals surface area contributed by atoms with E-state index >= 15 is 0 Å². The summed E-state index contributed by atoms with van der Waals surface area (Å²) in [5.41, 5.74) is 5.57. The first-order valence-corrected chi connectivity index (χ1v) is 5.16. The van der Waals surface area contributed by atoms with E-state index in [2.05, 4.69) is 23.7 Å². The van der Waals surface area contributed by atoms with Crippen molar-refractivity contribution in [2.45, 2.75) is 19.9 Å². The lowest BCUT2D eigenvalue weighted by Crippen LogP contribution is -2.35. The van der Waals surface area contributed by atoms with Crippen molar-refractivity contribution in [3.05, 3.63) is 18.2 Å². The van der Waals surface area contributed by atoms with E-state index in [1.807, 2.05) is 18.2 Å². The van der Waals surface area contributed by atoms with Gasteiger partial charge in [0.2, 0.25) is 5.88 Å². The number of ether oxygens (including phenoxy) is 1. The first-order valence-electron chi connectivity index (χ1n) is 5.16. The lowest BCUT2D eigenvalue weighted by atomic mass is 10.3. The van der Waals surface area contributed by atoms with Gasteiger partial charge in [0.25, 0.3) is 0 Å². The molecule has 0 unspecified atom stereocenters. The molecule has 4 nitrogen and oxygen atoms in total. The van der Waals surface area contributed by atoms with Crippen LogP contribution in [0.3, 0.4) is 0 Å². The van der Waals surface area contributed by atoms with Crippen LogP contribution in [0.4, 0.5) is 5.82 Å². The van der Waals surface area contributed by atoms with Gasteiger partial charge in [0.1, 0.15) is 5.82 Å². The van der Waals surface area contributed by atoms with Gasteiger partial charge in [0, 0.05) is 25.2 Å². The molecule has 1 aromatic rings. The fourth-order valence-corrected chi connectivity index (χ4v) is 1.45. The Morgan fingerprint density at radius 3 is 2.73 bits per heavy atom. The Bertz CT molecular complexity index is 302. The predicted octanol–water partition coefficient (Wildman–Crippen LogP) is 1.26. The number of nitrogens with two attached hydrogens (primary N) is 1. The molecule has 0 aliphatic carbocycles. The normalized spacial score (nSPS) is 10.5. The summed E-state index contributed by atoms with van der Waals surface area (Å²) >= 11 is 0. The molecule has 0 amide bonds. The van der Waals surface area contributed by atoms with Crippen molar-refractivity contribution in [2.24, 2.45) is 5.73 Å². The van der Waals surface area contributed by atoms with Crippen molar-refractivity contribution in [1.29, 1.82) is 0 Å². The van der Waals surface area contributed by atoms with Gasteiger partial charge < -0.3 is 15.4 Å². The second-order valence-corrected chi connectivity index (χ2v) is 3.61. The van der Waals surface area contributed by atoms with Crippen molar-refractivity contribution in [1.82, 2.24) is 4.98 Å². The molecule has 0 bridgehead atoms.